The maximum absolute atomic E-state index is 12.6. The maximum atomic E-state index is 12.6. The van der Waals surface area contributed by atoms with Gasteiger partial charge in [0, 0.05) is 30.8 Å². The lowest BCUT2D eigenvalue weighted by Crippen LogP contribution is -2.58. The summed E-state index contributed by atoms with van der Waals surface area (Å²) in [6.45, 7) is 4.25. The van der Waals surface area contributed by atoms with Crippen molar-refractivity contribution in [3.63, 3.8) is 0 Å². The molecule has 1 heterocycles. The Labute approximate surface area is 152 Å². The van der Waals surface area contributed by atoms with Gasteiger partial charge in [-0.3, -0.25) is 4.79 Å². The van der Waals surface area contributed by atoms with Crippen LogP contribution in [0.15, 0.2) is 0 Å². The van der Waals surface area contributed by atoms with E-state index in [2.05, 4.69) is 24.3 Å². The minimum Gasteiger partial charge on any atom is -0.381 e. The molecule has 1 saturated carbocycles. The van der Waals surface area contributed by atoms with Gasteiger partial charge >= 0.3 is 0 Å². The van der Waals surface area contributed by atoms with Gasteiger partial charge in [0.15, 0.2) is 0 Å². The van der Waals surface area contributed by atoms with E-state index in [4.69, 9.17) is 10.5 Å². The smallest absolute Gasteiger partial charge is 0.225 e. The summed E-state index contributed by atoms with van der Waals surface area (Å²) < 4.78 is 5.47. The lowest BCUT2D eigenvalue weighted by Gasteiger charge is -2.44. The lowest BCUT2D eigenvalue weighted by atomic mass is 9.74. The normalized spacial score (nSPS) is 30.0. The van der Waals surface area contributed by atoms with E-state index < -0.39 is 0 Å². The van der Waals surface area contributed by atoms with Crippen LogP contribution >= 0.6 is 24.8 Å². The first kappa shape index (κ1) is 22.9. The quantitative estimate of drug-likeness (QED) is 0.794. The molecule has 1 saturated heterocycles. The topological polar surface area (TPSA) is 67.6 Å². The molecular weight excluding hydrogens is 337 g/mol. The largest absolute Gasteiger partial charge is 0.381 e. The van der Waals surface area contributed by atoms with Gasteiger partial charge in [0.05, 0.1) is 5.92 Å². The summed E-state index contributed by atoms with van der Waals surface area (Å²) in [7, 11) is 4.18. The van der Waals surface area contributed by atoms with Crippen LogP contribution in [0.5, 0.6) is 0 Å². The summed E-state index contributed by atoms with van der Waals surface area (Å²) in [4.78, 5) is 14.8. The van der Waals surface area contributed by atoms with Crippen LogP contribution in [-0.2, 0) is 9.53 Å². The minimum absolute atomic E-state index is 0. The number of nitrogens with one attached hydrogen (secondary N) is 1. The van der Waals surface area contributed by atoms with Gasteiger partial charge in [-0.2, -0.15) is 0 Å². The lowest BCUT2D eigenvalue weighted by molar-refractivity contribution is -0.129. The third-order valence-electron chi connectivity index (χ3n) is 5.53. The summed E-state index contributed by atoms with van der Waals surface area (Å²) in [5, 5.41) is 3.18. The summed E-state index contributed by atoms with van der Waals surface area (Å²) in [5.74, 6) is 0.0812. The third-order valence-corrected chi connectivity index (χ3v) is 5.53. The van der Waals surface area contributed by atoms with Crippen LogP contribution in [0, 0.1) is 5.92 Å². The van der Waals surface area contributed by atoms with Crippen LogP contribution in [0.25, 0.3) is 0 Å². The van der Waals surface area contributed by atoms with Gasteiger partial charge in [-0.05, 0) is 46.7 Å². The summed E-state index contributed by atoms with van der Waals surface area (Å²) in [6, 6.07) is 0. The first-order valence-electron chi connectivity index (χ1n) is 8.19. The second-order valence-corrected chi connectivity index (χ2v) is 7.25. The van der Waals surface area contributed by atoms with Crippen molar-refractivity contribution >= 4 is 30.7 Å². The van der Waals surface area contributed by atoms with E-state index in [1.807, 2.05) is 6.92 Å². The molecule has 23 heavy (non-hydrogen) atoms. The van der Waals surface area contributed by atoms with Crippen LogP contribution in [0.2, 0.25) is 0 Å². The molecule has 0 aromatic heterocycles. The number of carbonyl (C=O) groups is 1. The van der Waals surface area contributed by atoms with E-state index in [1.165, 1.54) is 0 Å². The van der Waals surface area contributed by atoms with E-state index in [0.29, 0.717) is 6.54 Å². The molecule has 2 atom stereocenters. The highest BCUT2D eigenvalue weighted by Crippen LogP contribution is 2.32. The standard InChI is InChI=1S/C16H31N3O2.2ClH/c1-15(17)7-5-4-6-13(15)14(20)18-12-16(19(2)3)8-10-21-11-9-16;;/h13H,4-12,17H2,1-3H3,(H,18,20);2*1H. The molecule has 2 unspecified atom stereocenters. The Morgan fingerprint density at radius 3 is 2.35 bits per heavy atom. The van der Waals surface area contributed by atoms with Crippen LogP contribution in [0.3, 0.4) is 0 Å². The monoisotopic (exact) mass is 369 g/mol. The van der Waals surface area contributed by atoms with Crippen molar-refractivity contribution in [2.24, 2.45) is 11.7 Å². The molecule has 0 aromatic carbocycles. The molecule has 1 amide bonds. The zero-order valence-electron chi connectivity index (χ0n) is 14.6. The zero-order chi connectivity index (χ0) is 15.5. The maximum Gasteiger partial charge on any atom is 0.225 e. The van der Waals surface area contributed by atoms with Crippen LogP contribution in [0.4, 0.5) is 0 Å². The minimum atomic E-state index is -0.358. The second kappa shape index (κ2) is 9.42. The predicted molar refractivity (Wildman–Crippen MR) is 98.5 cm³/mol. The van der Waals surface area contributed by atoms with Gasteiger partial charge in [-0.1, -0.05) is 12.8 Å². The molecule has 2 fully saturated rings. The van der Waals surface area contributed by atoms with Crippen molar-refractivity contribution < 1.29 is 9.53 Å². The van der Waals surface area contributed by atoms with Gasteiger partial charge in [-0.15, -0.1) is 24.8 Å². The first-order valence-corrected chi connectivity index (χ1v) is 8.19. The van der Waals surface area contributed by atoms with Crippen molar-refractivity contribution in [1.82, 2.24) is 10.2 Å². The van der Waals surface area contributed by atoms with Gasteiger partial charge in [0.2, 0.25) is 5.91 Å². The molecule has 0 radical (unpaired) electrons. The van der Waals surface area contributed by atoms with Crippen molar-refractivity contribution in [3.8, 4) is 0 Å². The average Bonchev–Trinajstić information content (AvgIpc) is 2.45. The van der Waals surface area contributed by atoms with Crippen LogP contribution in [0.1, 0.15) is 45.4 Å². The summed E-state index contributed by atoms with van der Waals surface area (Å²) >= 11 is 0. The Kier molecular flexibility index (Phi) is 9.39. The molecule has 0 aromatic rings. The number of carbonyl (C=O) groups excluding carboxylic acids is 1. The molecule has 2 aliphatic rings. The molecule has 2 rings (SSSR count). The third kappa shape index (κ3) is 5.46. The summed E-state index contributed by atoms with van der Waals surface area (Å²) in [5.41, 5.74) is 6.00. The number of nitrogens with zero attached hydrogens (tertiary/aromatic N) is 1. The van der Waals surface area contributed by atoms with E-state index in [0.717, 1.165) is 51.7 Å². The Morgan fingerprint density at radius 1 is 1.22 bits per heavy atom. The van der Waals surface area contributed by atoms with Crippen LogP contribution in [-0.4, -0.2) is 55.7 Å². The number of nitrogens with two attached hydrogens (primary N) is 1. The van der Waals surface area contributed by atoms with Crippen LogP contribution < -0.4 is 11.1 Å². The number of amides is 1. The average molecular weight is 370 g/mol. The molecule has 1 aliphatic carbocycles. The highest BCUT2D eigenvalue weighted by atomic mass is 35.5. The van der Waals surface area contributed by atoms with E-state index in [9.17, 15) is 4.79 Å². The number of likely N-dealkylation sites (N-methyl/N-ethyl adjacent to an activating group) is 1. The van der Waals surface area contributed by atoms with Crippen molar-refractivity contribution in [1.29, 1.82) is 0 Å². The predicted octanol–water partition coefficient (Wildman–Crippen LogP) is 1.96. The zero-order valence-corrected chi connectivity index (χ0v) is 16.2. The molecule has 5 nitrogen and oxygen atoms in total. The fraction of sp³-hybridized carbons (Fsp3) is 0.938. The molecule has 3 N–H and O–H groups in total. The molecule has 138 valence electrons. The number of hydrogen-bond donors (Lipinski definition) is 2. The van der Waals surface area contributed by atoms with E-state index in [1.54, 1.807) is 0 Å². The molecule has 1 aliphatic heterocycles. The Bertz CT molecular complexity index is 372. The Balaban J connectivity index is 0.00000242. The van der Waals surface area contributed by atoms with E-state index in [-0.39, 0.29) is 47.7 Å². The van der Waals surface area contributed by atoms with E-state index >= 15 is 0 Å². The van der Waals surface area contributed by atoms with Crippen molar-refractivity contribution in [2.45, 2.75) is 56.5 Å². The summed E-state index contributed by atoms with van der Waals surface area (Å²) in [6.07, 6.45) is 6.03. The Hall–Kier alpha value is -0.0700. The molecule has 7 heteroatoms. The fourth-order valence-corrected chi connectivity index (χ4v) is 3.70. The molecule has 0 spiro atoms. The van der Waals surface area contributed by atoms with Crippen molar-refractivity contribution in [2.75, 3.05) is 33.9 Å². The number of rotatable bonds is 4. The second-order valence-electron chi connectivity index (χ2n) is 7.25. The van der Waals surface area contributed by atoms with Gasteiger partial charge in [-0.25, -0.2) is 0 Å². The Morgan fingerprint density at radius 2 is 1.83 bits per heavy atom. The van der Waals surface area contributed by atoms with Crippen molar-refractivity contribution in [3.05, 3.63) is 0 Å². The molecular formula is C16H33Cl2N3O2. The van der Waals surface area contributed by atoms with Gasteiger partial charge in [0.1, 0.15) is 0 Å². The van der Waals surface area contributed by atoms with Gasteiger partial charge in [0.25, 0.3) is 0 Å². The highest BCUT2D eigenvalue weighted by molar-refractivity contribution is 5.85. The van der Waals surface area contributed by atoms with Gasteiger partial charge < -0.3 is 20.7 Å². The fourth-order valence-electron chi connectivity index (χ4n) is 3.70. The molecule has 0 bridgehead atoms. The number of hydrogen-bond acceptors (Lipinski definition) is 4. The SMILES string of the molecule is CN(C)C1(CNC(=O)C2CCCCC2(C)N)CCOCC1.Cl.Cl. The number of ether oxygens (including phenoxy) is 1. The first-order chi connectivity index (χ1) is 9.87. The number of halogens is 2. The highest BCUT2D eigenvalue weighted by Gasteiger charge is 2.40.